The van der Waals surface area contributed by atoms with Crippen LogP contribution in [0.1, 0.15) is 27.0 Å². The average Bonchev–Trinajstić information content (AvgIpc) is 3.05. The van der Waals surface area contributed by atoms with Gasteiger partial charge in [-0.1, -0.05) is 51.3 Å². The number of carbonyl (C=O) groups is 3. The fourth-order valence-corrected chi connectivity index (χ4v) is 4.62. The molecule has 0 saturated carbocycles. The summed E-state index contributed by atoms with van der Waals surface area (Å²) < 4.78 is 20.4. The maximum Gasteiger partial charge on any atom is 0.343 e. The lowest BCUT2D eigenvalue weighted by Gasteiger charge is -2.14. The standard InChI is InChI=1S/C25H16BrClFNO4S/c1-14-5-7-15(8-6-14)24(31)33-21-10-9-17(26)11-16(21)12-22-23(30)29(25(32)34-22)13-18-19(27)3-2-4-20(18)28/h2-12H,13H2,1H3/b22-12-. The summed E-state index contributed by atoms with van der Waals surface area (Å²) in [6.45, 7) is 1.62. The number of nitrogens with zero attached hydrogens (tertiary/aromatic N) is 1. The third kappa shape index (κ3) is 5.24. The molecule has 0 unspecified atom stereocenters. The van der Waals surface area contributed by atoms with Gasteiger partial charge in [-0.25, -0.2) is 9.18 Å². The normalized spacial score (nSPS) is 14.7. The molecule has 3 aromatic rings. The van der Waals surface area contributed by atoms with Gasteiger partial charge in [-0.05, 0) is 67.2 Å². The van der Waals surface area contributed by atoms with Crippen LogP contribution in [0.3, 0.4) is 0 Å². The Bertz CT molecular complexity index is 1320. The van der Waals surface area contributed by atoms with Crippen LogP contribution in [0.5, 0.6) is 5.75 Å². The highest BCUT2D eigenvalue weighted by molar-refractivity contribution is 9.10. The van der Waals surface area contributed by atoms with Crippen molar-refractivity contribution in [1.82, 2.24) is 4.90 Å². The summed E-state index contributed by atoms with van der Waals surface area (Å²) >= 11 is 10.1. The molecule has 9 heteroatoms. The van der Waals surface area contributed by atoms with Crippen LogP contribution in [-0.2, 0) is 11.3 Å². The first-order chi connectivity index (χ1) is 16.2. The topological polar surface area (TPSA) is 63.7 Å². The molecule has 0 radical (unpaired) electrons. The highest BCUT2D eigenvalue weighted by Gasteiger charge is 2.36. The molecule has 34 heavy (non-hydrogen) atoms. The third-order valence-corrected chi connectivity index (χ3v) is 6.75. The van der Waals surface area contributed by atoms with Crippen molar-refractivity contribution < 1.29 is 23.5 Å². The van der Waals surface area contributed by atoms with Crippen LogP contribution in [-0.4, -0.2) is 22.0 Å². The Kier molecular flexibility index (Phi) is 7.21. The molecule has 0 aromatic heterocycles. The molecule has 172 valence electrons. The summed E-state index contributed by atoms with van der Waals surface area (Å²) in [6.07, 6.45) is 1.47. The van der Waals surface area contributed by atoms with Gasteiger partial charge in [0.05, 0.1) is 17.0 Å². The predicted molar refractivity (Wildman–Crippen MR) is 133 cm³/mol. The van der Waals surface area contributed by atoms with E-state index in [1.54, 1.807) is 42.5 Å². The Balaban J connectivity index is 1.60. The van der Waals surface area contributed by atoms with Crippen molar-refractivity contribution in [3.8, 4) is 5.75 Å². The number of hydrogen-bond donors (Lipinski definition) is 0. The first-order valence-corrected chi connectivity index (χ1v) is 12.0. The minimum Gasteiger partial charge on any atom is -0.422 e. The molecule has 0 spiro atoms. The molecule has 0 N–H and O–H groups in total. The van der Waals surface area contributed by atoms with Gasteiger partial charge in [-0.3, -0.25) is 14.5 Å². The molecule has 4 rings (SSSR count). The van der Waals surface area contributed by atoms with Crippen molar-refractivity contribution in [2.75, 3.05) is 0 Å². The third-order valence-electron chi connectivity index (χ3n) is 5.00. The summed E-state index contributed by atoms with van der Waals surface area (Å²) in [4.78, 5) is 39.1. The number of amides is 2. The molecule has 5 nitrogen and oxygen atoms in total. The van der Waals surface area contributed by atoms with E-state index in [0.29, 0.717) is 27.4 Å². The average molecular weight is 561 g/mol. The first-order valence-electron chi connectivity index (χ1n) is 9.99. The van der Waals surface area contributed by atoms with Crippen LogP contribution in [0.2, 0.25) is 5.02 Å². The van der Waals surface area contributed by atoms with E-state index in [2.05, 4.69) is 15.9 Å². The summed E-state index contributed by atoms with van der Waals surface area (Å²) in [6, 6.07) is 16.0. The number of benzene rings is 3. The Labute approximate surface area is 212 Å². The van der Waals surface area contributed by atoms with Crippen LogP contribution in [0.15, 0.2) is 70.0 Å². The van der Waals surface area contributed by atoms with E-state index >= 15 is 0 Å². The van der Waals surface area contributed by atoms with E-state index in [1.165, 1.54) is 24.3 Å². The lowest BCUT2D eigenvalue weighted by atomic mass is 10.1. The molecule has 2 amide bonds. The molecule has 1 aliphatic heterocycles. The molecular formula is C25H16BrClFNO4S. The highest BCUT2D eigenvalue weighted by Crippen LogP contribution is 2.36. The second-order valence-corrected chi connectivity index (χ2v) is 9.72. The van der Waals surface area contributed by atoms with Gasteiger partial charge in [0, 0.05) is 20.6 Å². The van der Waals surface area contributed by atoms with Crippen molar-refractivity contribution in [2.24, 2.45) is 0 Å². The minimum atomic E-state index is -0.604. The lowest BCUT2D eigenvalue weighted by molar-refractivity contribution is -0.123. The van der Waals surface area contributed by atoms with Crippen molar-refractivity contribution in [3.05, 3.63) is 103 Å². The van der Waals surface area contributed by atoms with E-state index in [1.807, 2.05) is 6.92 Å². The number of rotatable bonds is 5. The zero-order valence-electron chi connectivity index (χ0n) is 17.7. The summed E-state index contributed by atoms with van der Waals surface area (Å²) in [5.74, 6) is -1.53. The largest absolute Gasteiger partial charge is 0.422 e. The monoisotopic (exact) mass is 559 g/mol. The van der Waals surface area contributed by atoms with Gasteiger partial charge >= 0.3 is 5.97 Å². The SMILES string of the molecule is Cc1ccc(C(=O)Oc2ccc(Br)cc2/C=C2\SC(=O)N(Cc3c(F)cccc3Cl)C2=O)cc1. The smallest absolute Gasteiger partial charge is 0.343 e. The number of aryl methyl sites for hydroxylation is 1. The number of thioether (sulfide) groups is 1. The zero-order valence-corrected chi connectivity index (χ0v) is 20.8. The van der Waals surface area contributed by atoms with Crippen molar-refractivity contribution in [3.63, 3.8) is 0 Å². The lowest BCUT2D eigenvalue weighted by Crippen LogP contribution is -2.28. The Morgan fingerprint density at radius 1 is 1.15 bits per heavy atom. The van der Waals surface area contributed by atoms with E-state index in [4.69, 9.17) is 16.3 Å². The fourth-order valence-electron chi connectivity index (χ4n) is 3.19. The highest BCUT2D eigenvalue weighted by atomic mass is 79.9. The second kappa shape index (κ2) is 10.1. The van der Waals surface area contributed by atoms with Crippen LogP contribution in [0, 0.1) is 12.7 Å². The minimum absolute atomic E-state index is 0.0582. The summed E-state index contributed by atoms with van der Waals surface area (Å²) in [5.41, 5.74) is 1.86. The number of esters is 1. The molecule has 0 atom stereocenters. The van der Waals surface area contributed by atoms with Gasteiger partial charge in [0.25, 0.3) is 11.1 Å². The Hall–Kier alpha value is -2.94. The van der Waals surface area contributed by atoms with E-state index in [0.717, 1.165) is 10.5 Å². The zero-order chi connectivity index (χ0) is 24.4. The van der Waals surface area contributed by atoms with Gasteiger partial charge < -0.3 is 4.74 Å². The Morgan fingerprint density at radius 3 is 2.59 bits per heavy atom. The molecule has 0 bridgehead atoms. The van der Waals surface area contributed by atoms with Crippen LogP contribution in [0.4, 0.5) is 9.18 Å². The first kappa shape index (κ1) is 24.2. The van der Waals surface area contributed by atoms with E-state index in [9.17, 15) is 18.8 Å². The quantitative estimate of drug-likeness (QED) is 0.191. The second-order valence-electron chi connectivity index (χ2n) is 7.41. The maximum absolute atomic E-state index is 14.2. The summed E-state index contributed by atoms with van der Waals surface area (Å²) in [5, 5.41) is -0.427. The van der Waals surface area contributed by atoms with Crippen LogP contribution >= 0.6 is 39.3 Å². The molecule has 1 saturated heterocycles. The van der Waals surface area contributed by atoms with Gasteiger partial charge in [0.2, 0.25) is 0 Å². The molecule has 1 fully saturated rings. The number of halogens is 3. The molecule has 3 aromatic carbocycles. The van der Waals surface area contributed by atoms with Crippen molar-refractivity contribution in [2.45, 2.75) is 13.5 Å². The van der Waals surface area contributed by atoms with Crippen molar-refractivity contribution in [1.29, 1.82) is 0 Å². The number of imide groups is 1. The van der Waals surface area contributed by atoms with Gasteiger partial charge in [-0.2, -0.15) is 0 Å². The number of ether oxygens (including phenoxy) is 1. The van der Waals surface area contributed by atoms with Crippen LogP contribution < -0.4 is 4.74 Å². The fraction of sp³-hybridized carbons (Fsp3) is 0.0800. The number of carbonyl (C=O) groups excluding carboxylic acids is 3. The van der Waals surface area contributed by atoms with Gasteiger partial charge in [0.1, 0.15) is 11.6 Å². The van der Waals surface area contributed by atoms with Crippen molar-refractivity contribution >= 4 is 62.5 Å². The number of hydrogen-bond acceptors (Lipinski definition) is 5. The molecule has 1 aliphatic rings. The van der Waals surface area contributed by atoms with Crippen LogP contribution in [0.25, 0.3) is 6.08 Å². The van der Waals surface area contributed by atoms with Gasteiger partial charge in [0.15, 0.2) is 0 Å². The van der Waals surface area contributed by atoms with E-state index in [-0.39, 0.29) is 27.8 Å². The summed E-state index contributed by atoms with van der Waals surface area (Å²) in [7, 11) is 0. The molecule has 1 heterocycles. The van der Waals surface area contributed by atoms with E-state index < -0.39 is 22.9 Å². The molecule has 0 aliphatic carbocycles. The maximum atomic E-state index is 14.2. The van der Waals surface area contributed by atoms with Gasteiger partial charge in [-0.15, -0.1) is 0 Å². The molecular weight excluding hydrogens is 545 g/mol. The predicted octanol–water partition coefficient (Wildman–Crippen LogP) is 7.01. The Morgan fingerprint density at radius 2 is 1.88 bits per heavy atom.